The van der Waals surface area contributed by atoms with Crippen LogP contribution in [0.15, 0.2) is 9.63 Å². The van der Waals surface area contributed by atoms with Crippen LogP contribution in [0.4, 0.5) is 0 Å². The van der Waals surface area contributed by atoms with Crippen LogP contribution >= 0.6 is 15.9 Å². The maximum Gasteiger partial charge on any atom is 0.263 e. The van der Waals surface area contributed by atoms with Crippen LogP contribution in [0.5, 0.6) is 0 Å². The molecule has 1 amide bonds. The molecule has 1 rings (SSSR count). The molecule has 8 nitrogen and oxygen atoms in total. The van der Waals surface area contributed by atoms with Gasteiger partial charge >= 0.3 is 0 Å². The number of hydrogen-bond donors (Lipinski definition) is 1. The Morgan fingerprint density at radius 2 is 2.16 bits per heavy atom. The molecule has 0 unspecified atom stereocenters. The summed E-state index contributed by atoms with van der Waals surface area (Å²) in [5, 5.41) is 9.75. The molecule has 0 aliphatic rings. The number of halogens is 1. The molecule has 0 radical (unpaired) electrons. The molecule has 108 valence electrons. The van der Waals surface area contributed by atoms with E-state index in [1.807, 2.05) is 6.92 Å². The average Bonchev–Trinajstić information content (AvgIpc) is 2.66. The van der Waals surface area contributed by atoms with Crippen molar-refractivity contribution in [3.63, 3.8) is 0 Å². The Labute approximate surface area is 120 Å². The summed E-state index contributed by atoms with van der Waals surface area (Å²) in [5.41, 5.74) is 0. The van der Waals surface area contributed by atoms with Crippen LogP contribution in [0.25, 0.3) is 0 Å². The van der Waals surface area contributed by atoms with Crippen LogP contribution in [0.3, 0.4) is 0 Å². The molecule has 1 N–H and O–H groups in total. The molecular formula is C9H16BrN5O3S. The van der Waals surface area contributed by atoms with Gasteiger partial charge in [0.05, 0.1) is 6.54 Å². The molecule has 0 atom stereocenters. The van der Waals surface area contributed by atoms with Gasteiger partial charge in [0, 0.05) is 20.6 Å². The zero-order chi connectivity index (χ0) is 14.6. The third kappa shape index (κ3) is 3.74. The van der Waals surface area contributed by atoms with E-state index in [9.17, 15) is 13.2 Å². The molecule has 0 aromatic carbocycles. The van der Waals surface area contributed by atoms with Crippen molar-refractivity contribution < 1.29 is 13.2 Å². The Morgan fingerprint density at radius 3 is 2.63 bits per heavy atom. The van der Waals surface area contributed by atoms with Crippen molar-refractivity contribution in [1.29, 1.82) is 0 Å². The average molecular weight is 354 g/mol. The maximum absolute atomic E-state index is 12.3. The normalized spacial score (nSPS) is 11.8. The molecule has 0 bridgehead atoms. The lowest BCUT2D eigenvalue weighted by molar-refractivity contribution is -0.121. The first kappa shape index (κ1) is 16.1. The van der Waals surface area contributed by atoms with E-state index in [-0.39, 0.29) is 22.1 Å². The maximum atomic E-state index is 12.3. The second-order valence-corrected chi connectivity index (χ2v) is 6.63. The van der Waals surface area contributed by atoms with Crippen molar-refractivity contribution in [2.45, 2.75) is 18.4 Å². The third-order valence-corrected chi connectivity index (χ3v) is 5.02. The molecule has 1 aromatic heterocycles. The van der Waals surface area contributed by atoms with Gasteiger partial charge in [-0.2, -0.15) is 4.31 Å². The largest absolute Gasteiger partial charge is 0.355 e. The Morgan fingerprint density at radius 1 is 1.53 bits per heavy atom. The van der Waals surface area contributed by atoms with Crippen molar-refractivity contribution in [1.82, 2.24) is 24.6 Å². The first-order chi connectivity index (χ1) is 8.80. The van der Waals surface area contributed by atoms with Crippen LogP contribution in [0.1, 0.15) is 13.3 Å². The summed E-state index contributed by atoms with van der Waals surface area (Å²) >= 11 is 3.03. The number of likely N-dealkylation sites (N-methyl/N-ethyl adjacent to an activating group) is 1. The van der Waals surface area contributed by atoms with E-state index < -0.39 is 10.0 Å². The second-order valence-electron chi connectivity index (χ2n) is 3.92. The van der Waals surface area contributed by atoms with E-state index in [0.717, 1.165) is 15.4 Å². The number of aromatic nitrogens is 3. The van der Waals surface area contributed by atoms with Gasteiger partial charge in [0.25, 0.3) is 10.0 Å². The predicted molar refractivity (Wildman–Crippen MR) is 71.8 cm³/mol. The number of carbonyl (C=O) groups is 1. The number of aryl methyl sites for hydroxylation is 1. The number of hydrogen-bond acceptors (Lipinski definition) is 5. The molecule has 0 saturated carbocycles. The van der Waals surface area contributed by atoms with Crippen molar-refractivity contribution in [2.75, 3.05) is 20.1 Å². The fourth-order valence-corrected chi connectivity index (χ4v) is 3.50. The molecule has 0 spiro atoms. The summed E-state index contributed by atoms with van der Waals surface area (Å²) in [6.07, 6.45) is 0.791. The standard InChI is InChI=1S/C9H16BrN5O3S/c1-4-5-11-7(16)6-14(2)19(17,18)9-8(10)12-13-15(9)3/h4-6H2,1-3H3,(H,11,16). The Kier molecular flexibility index (Phi) is 5.44. The van der Waals surface area contributed by atoms with E-state index in [1.54, 1.807) is 0 Å². The highest BCUT2D eigenvalue weighted by molar-refractivity contribution is 9.10. The lowest BCUT2D eigenvalue weighted by Gasteiger charge is -2.16. The minimum absolute atomic E-state index is 0.0849. The highest BCUT2D eigenvalue weighted by atomic mass is 79.9. The Hall–Kier alpha value is -1.00. The van der Waals surface area contributed by atoms with Crippen LogP contribution in [0, 0.1) is 0 Å². The van der Waals surface area contributed by atoms with E-state index in [4.69, 9.17) is 0 Å². The Balaban J connectivity index is 2.87. The van der Waals surface area contributed by atoms with Crippen molar-refractivity contribution in [2.24, 2.45) is 7.05 Å². The van der Waals surface area contributed by atoms with Crippen LogP contribution in [-0.4, -0.2) is 53.8 Å². The lowest BCUT2D eigenvalue weighted by atomic mass is 10.4. The third-order valence-electron chi connectivity index (χ3n) is 2.33. The van der Waals surface area contributed by atoms with Crippen molar-refractivity contribution >= 4 is 31.9 Å². The monoisotopic (exact) mass is 353 g/mol. The van der Waals surface area contributed by atoms with Gasteiger partial charge < -0.3 is 5.32 Å². The molecule has 1 heterocycles. The summed E-state index contributed by atoms with van der Waals surface area (Å²) in [4.78, 5) is 11.5. The van der Waals surface area contributed by atoms with Crippen molar-refractivity contribution in [3.8, 4) is 0 Å². The molecule has 0 fully saturated rings. The van der Waals surface area contributed by atoms with Gasteiger partial charge in [-0.05, 0) is 22.4 Å². The highest BCUT2D eigenvalue weighted by Gasteiger charge is 2.29. The first-order valence-electron chi connectivity index (χ1n) is 5.59. The quantitative estimate of drug-likeness (QED) is 0.758. The zero-order valence-electron chi connectivity index (χ0n) is 10.9. The van der Waals surface area contributed by atoms with Gasteiger partial charge in [-0.3, -0.25) is 4.79 Å². The predicted octanol–water partition coefficient (Wildman–Crippen LogP) is -0.276. The molecule has 0 aliphatic heterocycles. The molecular weight excluding hydrogens is 338 g/mol. The summed E-state index contributed by atoms with van der Waals surface area (Å²) in [6.45, 7) is 2.18. The minimum Gasteiger partial charge on any atom is -0.355 e. The van der Waals surface area contributed by atoms with Gasteiger partial charge in [-0.25, -0.2) is 13.1 Å². The molecule has 1 aromatic rings. The summed E-state index contributed by atoms with van der Waals surface area (Å²) in [7, 11) is -1.01. The fraction of sp³-hybridized carbons (Fsp3) is 0.667. The summed E-state index contributed by atoms with van der Waals surface area (Å²) in [5.74, 6) is -0.348. The molecule has 19 heavy (non-hydrogen) atoms. The topological polar surface area (TPSA) is 97.2 Å². The van der Waals surface area contributed by atoms with E-state index >= 15 is 0 Å². The van der Waals surface area contributed by atoms with Gasteiger partial charge in [0.1, 0.15) is 0 Å². The summed E-state index contributed by atoms with van der Waals surface area (Å²) < 4.78 is 26.7. The van der Waals surface area contributed by atoms with Crippen LogP contribution in [0.2, 0.25) is 0 Å². The zero-order valence-corrected chi connectivity index (χ0v) is 13.3. The molecule has 0 aliphatic carbocycles. The molecule has 0 saturated heterocycles. The number of nitrogens with zero attached hydrogens (tertiary/aromatic N) is 4. The van der Waals surface area contributed by atoms with Crippen LogP contribution < -0.4 is 5.32 Å². The van der Waals surface area contributed by atoms with E-state index in [1.165, 1.54) is 14.1 Å². The fourth-order valence-electron chi connectivity index (χ4n) is 1.35. The number of nitrogens with one attached hydrogen (secondary N) is 1. The van der Waals surface area contributed by atoms with Gasteiger partial charge in [0.2, 0.25) is 10.9 Å². The smallest absolute Gasteiger partial charge is 0.263 e. The number of sulfonamides is 1. The number of rotatable bonds is 6. The van der Waals surface area contributed by atoms with E-state index in [0.29, 0.717) is 6.54 Å². The Bertz CT molecular complexity index is 537. The van der Waals surface area contributed by atoms with Gasteiger partial charge in [-0.15, -0.1) is 5.10 Å². The number of carbonyl (C=O) groups excluding carboxylic acids is 1. The van der Waals surface area contributed by atoms with E-state index in [2.05, 4.69) is 31.6 Å². The SMILES string of the molecule is CCCNC(=O)CN(C)S(=O)(=O)c1c(Br)nnn1C. The van der Waals surface area contributed by atoms with Gasteiger partial charge in [0.15, 0.2) is 4.60 Å². The van der Waals surface area contributed by atoms with Crippen LogP contribution in [-0.2, 0) is 21.9 Å². The van der Waals surface area contributed by atoms with Crippen molar-refractivity contribution in [3.05, 3.63) is 4.60 Å². The highest BCUT2D eigenvalue weighted by Crippen LogP contribution is 2.20. The molecule has 10 heteroatoms. The minimum atomic E-state index is -3.81. The summed E-state index contributed by atoms with van der Waals surface area (Å²) in [6, 6.07) is 0. The lowest BCUT2D eigenvalue weighted by Crippen LogP contribution is -2.39. The second kappa shape index (κ2) is 6.44. The van der Waals surface area contributed by atoms with Gasteiger partial charge in [-0.1, -0.05) is 12.1 Å². The number of amides is 1. The first-order valence-corrected chi connectivity index (χ1v) is 7.82.